The zero-order chi connectivity index (χ0) is 65.8. The van der Waals surface area contributed by atoms with Crippen LogP contribution in [0.25, 0.3) is 43.4 Å². The molecule has 3 unspecified atom stereocenters. The SMILES string of the molecule is CNC(=O)C[C@@H]1NC(=O)c2csc(n2)-c2ccc(-c3nc(N(C(=O)OC4CCC(C(=O)O)CC4)C4CCC(C(=O)O)C4)cs3)nc2-c2csc(n2)-c2csc(n2)[C@H]([C@@H](O)c2ccccc2)NC(=O)CNC(=O)c2nc(sc2COC)C(C(C)C)NC(=O)c2nc1sc2C. The molecule has 0 radical (unpaired) electrons. The molecule has 8 N–H and O–H groups in total. The molecule has 11 rings (SSSR count). The number of benzene rings is 1. The van der Waals surface area contributed by atoms with E-state index in [1.807, 2.05) is 13.8 Å². The first-order valence-electron chi connectivity index (χ1n) is 29.6. The number of amides is 6. The second kappa shape index (κ2) is 28.9. The summed E-state index contributed by atoms with van der Waals surface area (Å²) in [5.41, 5.74) is 2.34. The van der Waals surface area contributed by atoms with Crippen LogP contribution in [0.3, 0.4) is 0 Å². The van der Waals surface area contributed by atoms with E-state index in [2.05, 4.69) is 26.6 Å². The number of rotatable bonds is 13. The zero-order valence-electron chi connectivity index (χ0n) is 50.6. The molecular weight excluding hydrogens is 1320 g/mol. The number of carboxylic acid groups (broad SMARTS) is 2. The van der Waals surface area contributed by atoms with Crippen molar-refractivity contribution in [1.29, 1.82) is 0 Å². The number of ether oxygens (including phenoxy) is 2. The summed E-state index contributed by atoms with van der Waals surface area (Å²) in [7, 11) is 2.92. The first-order valence-corrected chi connectivity index (χ1v) is 34.8. The van der Waals surface area contributed by atoms with Crippen molar-refractivity contribution in [2.75, 3.05) is 25.6 Å². The summed E-state index contributed by atoms with van der Waals surface area (Å²) in [6, 6.07) is 8.71. The molecule has 1 aliphatic heterocycles. The van der Waals surface area contributed by atoms with Gasteiger partial charge in [-0.3, -0.25) is 38.5 Å². The summed E-state index contributed by atoms with van der Waals surface area (Å²) in [5.74, 6) is -6.16. The van der Waals surface area contributed by atoms with Gasteiger partial charge in [0.15, 0.2) is 0 Å². The first-order chi connectivity index (χ1) is 44.7. The molecule has 93 heavy (non-hydrogen) atoms. The molecular formula is C61H63N13O13S6. The fourth-order valence-electron chi connectivity index (χ4n) is 11.2. The summed E-state index contributed by atoms with van der Waals surface area (Å²) in [5, 5.41) is 54.5. The molecule has 486 valence electrons. The Morgan fingerprint density at radius 2 is 1.35 bits per heavy atom. The van der Waals surface area contributed by atoms with Crippen LogP contribution in [0.1, 0.15) is 151 Å². The number of carbonyl (C=O) groups excluding carboxylic acids is 6. The number of hydrogen-bond acceptors (Lipinski definition) is 24. The molecule has 1 aromatic carbocycles. The number of carbonyl (C=O) groups is 8. The molecule has 10 bridgehead atoms. The van der Waals surface area contributed by atoms with Gasteiger partial charge in [-0.25, -0.2) is 39.7 Å². The second-order valence-corrected chi connectivity index (χ2v) is 28.5. The number of aliphatic hydroxyl groups is 1. The van der Waals surface area contributed by atoms with E-state index in [9.17, 15) is 53.7 Å². The van der Waals surface area contributed by atoms with E-state index in [0.717, 1.165) is 34.0 Å². The number of pyridine rings is 1. The lowest BCUT2D eigenvalue weighted by Gasteiger charge is -2.31. The minimum absolute atomic E-state index is 0.0110. The molecule has 7 aromatic heterocycles. The van der Waals surface area contributed by atoms with Gasteiger partial charge in [-0.05, 0) is 75.5 Å². The monoisotopic (exact) mass is 1380 g/mol. The van der Waals surface area contributed by atoms with E-state index >= 15 is 0 Å². The average Bonchev–Trinajstić information content (AvgIpc) is 1.71. The highest BCUT2D eigenvalue weighted by Gasteiger charge is 2.40. The molecule has 8 heterocycles. The minimum atomic E-state index is -1.31. The second-order valence-electron chi connectivity index (χ2n) is 22.7. The summed E-state index contributed by atoms with van der Waals surface area (Å²) < 4.78 is 11.5. The molecule has 0 spiro atoms. The van der Waals surface area contributed by atoms with Gasteiger partial charge in [0, 0.05) is 52.2 Å². The van der Waals surface area contributed by atoms with Crippen LogP contribution in [0.15, 0.2) is 64.0 Å². The predicted molar refractivity (Wildman–Crippen MR) is 348 cm³/mol. The molecule has 32 heteroatoms. The van der Waals surface area contributed by atoms with E-state index in [4.69, 9.17) is 44.4 Å². The van der Waals surface area contributed by atoms with Gasteiger partial charge < -0.3 is 51.4 Å². The summed E-state index contributed by atoms with van der Waals surface area (Å²) in [6.45, 7) is 4.89. The summed E-state index contributed by atoms with van der Waals surface area (Å²) in [4.78, 5) is 145. The van der Waals surface area contributed by atoms with Crippen molar-refractivity contribution in [1.82, 2.24) is 61.5 Å². The fraction of sp³-hybridized carbons (Fsp3) is 0.393. The van der Waals surface area contributed by atoms with Crippen molar-refractivity contribution in [2.24, 2.45) is 17.8 Å². The number of fused-ring (bicyclic) bond motifs is 14. The number of thiazole rings is 6. The van der Waals surface area contributed by atoms with Gasteiger partial charge in [-0.2, -0.15) is 0 Å². The van der Waals surface area contributed by atoms with Crippen molar-refractivity contribution in [3.8, 4) is 43.4 Å². The third-order valence-corrected chi connectivity index (χ3v) is 21.8. The quantitative estimate of drug-likeness (QED) is 0.0533. The van der Waals surface area contributed by atoms with Crippen LogP contribution in [0.2, 0.25) is 0 Å². The van der Waals surface area contributed by atoms with Crippen LogP contribution in [-0.4, -0.2) is 131 Å². The summed E-state index contributed by atoms with van der Waals surface area (Å²) in [6.07, 6.45) is -0.583. The first kappa shape index (κ1) is 66.1. The molecule has 2 fully saturated rings. The Balaban J connectivity index is 0.979. The molecule has 2 aliphatic carbocycles. The van der Waals surface area contributed by atoms with E-state index in [0.29, 0.717) is 107 Å². The number of aromatic nitrogens is 7. The maximum Gasteiger partial charge on any atom is 0.416 e. The predicted octanol–water partition coefficient (Wildman–Crippen LogP) is 9.15. The Bertz CT molecular complexity index is 4120. The number of anilines is 1. The smallest absolute Gasteiger partial charge is 0.416 e. The van der Waals surface area contributed by atoms with Crippen molar-refractivity contribution in [2.45, 2.75) is 115 Å². The normalized spacial score (nSPS) is 20.8. The number of nitrogens with one attached hydrogen (secondary N) is 5. The third kappa shape index (κ3) is 14.9. The van der Waals surface area contributed by atoms with Crippen molar-refractivity contribution in [3.05, 3.63) is 111 Å². The van der Waals surface area contributed by atoms with Gasteiger partial charge >= 0.3 is 18.0 Å². The van der Waals surface area contributed by atoms with Gasteiger partial charge in [-0.1, -0.05) is 44.2 Å². The third-order valence-electron chi connectivity index (χ3n) is 16.1. The highest BCUT2D eigenvalue weighted by atomic mass is 32.1. The van der Waals surface area contributed by atoms with Crippen LogP contribution in [-0.2, 0) is 35.3 Å². The standard InChI is InChI=1S/C61H63N13O13S6/c1-27(2)44-58-73-47(40(93-58)22-86-5)51(79)63-21-43(76)70-48(49(77)29-9-7-6-8-10-29)57-68-39(25-90-57)55-66-37(23-89-55)46-34(53-67-38(24-88-53)50(78)65-36(20-42(75)62-4)56-72-45(28(3)92-56)52(80)71-44)17-18-35(64-46)54-69-41(26-91-54)74(32-14-11-31(19-32)60(83)84)61(85)87-33-15-12-30(13-16-33)59(81)82/h6-10,17-18,23-27,30-33,36,44,48-49,77H,11-16,19-22H2,1-5H3,(H,62,75)(H,63,79)(H,65,78)(H,70,76)(H,71,80)(H,81,82)(H,83,84)/t30?,31?,32?,33?,36-,44?,48-,49-/m0/s1. The Morgan fingerprint density at radius 1 is 0.667 bits per heavy atom. The number of methoxy groups -OCH3 is 1. The van der Waals surface area contributed by atoms with Crippen LogP contribution in [0.4, 0.5) is 10.6 Å². The van der Waals surface area contributed by atoms with Gasteiger partial charge in [-0.15, -0.1) is 68.0 Å². The lowest BCUT2D eigenvalue weighted by molar-refractivity contribution is -0.143. The Hall–Kier alpha value is -8.37. The number of aliphatic hydroxyl groups excluding tert-OH is 1. The Morgan fingerprint density at radius 3 is 2.08 bits per heavy atom. The maximum absolute atomic E-state index is 14.5. The van der Waals surface area contributed by atoms with E-state index in [1.54, 1.807) is 70.9 Å². The summed E-state index contributed by atoms with van der Waals surface area (Å²) >= 11 is 7.01. The average molecular weight is 1380 g/mol. The lowest BCUT2D eigenvalue weighted by atomic mass is 9.87. The minimum Gasteiger partial charge on any atom is -0.481 e. The fourth-order valence-corrected chi connectivity index (χ4v) is 16.7. The zero-order valence-corrected chi connectivity index (χ0v) is 55.5. The van der Waals surface area contributed by atoms with Crippen LogP contribution < -0.4 is 31.5 Å². The van der Waals surface area contributed by atoms with Crippen molar-refractivity contribution < 1.29 is 63.1 Å². The van der Waals surface area contributed by atoms with Gasteiger partial charge in [0.1, 0.15) is 88.3 Å². The number of hydrogen-bond donors (Lipinski definition) is 8. The maximum atomic E-state index is 14.5. The molecule has 0 saturated heterocycles. The number of aryl methyl sites for hydroxylation is 1. The molecule has 8 aromatic rings. The molecule has 2 saturated carbocycles. The van der Waals surface area contributed by atoms with E-state index < -0.39 is 102 Å². The van der Waals surface area contributed by atoms with Gasteiger partial charge in [0.2, 0.25) is 11.8 Å². The Kier molecular flexibility index (Phi) is 20.5. The topological polar surface area (TPSA) is 369 Å². The number of nitrogens with zero attached hydrogens (tertiary/aromatic N) is 8. The number of aliphatic carboxylic acids is 2. The van der Waals surface area contributed by atoms with E-state index in [-0.39, 0.29) is 53.3 Å². The molecule has 3 aliphatic rings. The molecule has 26 nitrogen and oxygen atoms in total. The highest BCUT2D eigenvalue weighted by Crippen LogP contribution is 2.42. The van der Waals surface area contributed by atoms with E-state index in [1.165, 1.54) is 53.1 Å². The largest absolute Gasteiger partial charge is 0.481 e. The lowest BCUT2D eigenvalue weighted by Crippen LogP contribution is -2.42. The van der Waals surface area contributed by atoms with Gasteiger partial charge in [0.05, 0.1) is 54.1 Å². The van der Waals surface area contributed by atoms with Gasteiger partial charge in [0.25, 0.3) is 17.7 Å². The van der Waals surface area contributed by atoms with Crippen LogP contribution >= 0.6 is 68.0 Å². The molecule has 6 atom stereocenters. The van der Waals surface area contributed by atoms with Crippen molar-refractivity contribution >= 4 is 121 Å². The Labute approximate surface area is 555 Å². The van der Waals surface area contributed by atoms with Crippen molar-refractivity contribution in [3.63, 3.8) is 0 Å². The molecule has 6 amide bonds. The highest BCUT2D eigenvalue weighted by molar-refractivity contribution is 7.15. The number of carboxylic acids is 2. The van der Waals surface area contributed by atoms with Crippen LogP contribution in [0.5, 0.6) is 0 Å². The van der Waals surface area contributed by atoms with Crippen LogP contribution in [0, 0.1) is 24.7 Å².